The number of amides is 1. The van der Waals surface area contributed by atoms with Crippen LogP contribution in [0.4, 0.5) is 0 Å². The maximum atomic E-state index is 12.4. The molecule has 0 radical (unpaired) electrons. The Balaban J connectivity index is 1.44. The number of methoxy groups -OCH3 is 1. The third-order valence-electron chi connectivity index (χ3n) is 5.14. The Morgan fingerprint density at radius 3 is 2.92 bits per heavy atom. The quantitative estimate of drug-likeness (QED) is 0.908. The summed E-state index contributed by atoms with van der Waals surface area (Å²) in [6.07, 6.45) is 1.80. The smallest absolute Gasteiger partial charge is 0.414 e. The van der Waals surface area contributed by atoms with Gasteiger partial charge in [0.05, 0.1) is 7.11 Å². The van der Waals surface area contributed by atoms with E-state index in [0.29, 0.717) is 11.8 Å². The van der Waals surface area contributed by atoms with E-state index >= 15 is 0 Å². The molecule has 2 fully saturated rings. The van der Waals surface area contributed by atoms with Gasteiger partial charge in [0.15, 0.2) is 0 Å². The molecule has 2 aliphatic rings. The van der Waals surface area contributed by atoms with Crippen molar-refractivity contribution in [1.29, 1.82) is 0 Å². The molecular weight excluding hydrogens is 320 g/mol. The van der Waals surface area contributed by atoms with Gasteiger partial charge in [-0.15, -0.1) is 5.10 Å². The van der Waals surface area contributed by atoms with E-state index in [-0.39, 0.29) is 18.0 Å². The summed E-state index contributed by atoms with van der Waals surface area (Å²) >= 11 is 0. The maximum absolute atomic E-state index is 12.4. The SMILES string of the molecule is COc1nnc(C2CC3CN(Cc4ccccc4)CCC3NC2=O)o1. The van der Waals surface area contributed by atoms with E-state index in [2.05, 4.69) is 44.7 Å². The van der Waals surface area contributed by atoms with Crippen LogP contribution in [0.15, 0.2) is 34.7 Å². The van der Waals surface area contributed by atoms with Crippen LogP contribution in [0.2, 0.25) is 0 Å². The Morgan fingerprint density at radius 1 is 1.32 bits per heavy atom. The second kappa shape index (κ2) is 6.84. The van der Waals surface area contributed by atoms with Crippen LogP contribution >= 0.6 is 0 Å². The highest BCUT2D eigenvalue weighted by Gasteiger charge is 2.41. The van der Waals surface area contributed by atoms with Gasteiger partial charge in [0.2, 0.25) is 11.8 Å². The summed E-state index contributed by atoms with van der Waals surface area (Å²) in [6.45, 7) is 2.90. The standard InChI is InChI=1S/C18H22N4O3/c1-24-18-21-20-17(25-18)14-9-13-11-22(8-7-15(13)19-16(14)23)10-12-5-3-2-4-6-12/h2-6,13-15H,7-11H2,1H3,(H,19,23). The second-order valence-corrected chi connectivity index (χ2v) is 6.78. The molecule has 3 heterocycles. The molecular formula is C18H22N4O3. The molecule has 3 atom stereocenters. The first kappa shape index (κ1) is 16.1. The number of hydrogen-bond donors (Lipinski definition) is 1. The van der Waals surface area contributed by atoms with E-state index in [1.807, 2.05) is 6.07 Å². The second-order valence-electron chi connectivity index (χ2n) is 6.78. The summed E-state index contributed by atoms with van der Waals surface area (Å²) in [5.74, 6) is 0.310. The molecule has 132 valence electrons. The molecule has 3 unspecified atom stereocenters. The van der Waals surface area contributed by atoms with E-state index in [4.69, 9.17) is 9.15 Å². The lowest BCUT2D eigenvalue weighted by molar-refractivity contribution is -0.128. The Hall–Kier alpha value is -2.41. The van der Waals surface area contributed by atoms with E-state index in [9.17, 15) is 4.79 Å². The van der Waals surface area contributed by atoms with Crippen molar-refractivity contribution in [1.82, 2.24) is 20.4 Å². The highest BCUT2D eigenvalue weighted by Crippen LogP contribution is 2.34. The van der Waals surface area contributed by atoms with Gasteiger partial charge in [-0.05, 0) is 24.3 Å². The number of rotatable bonds is 4. The topological polar surface area (TPSA) is 80.5 Å². The number of nitrogens with zero attached hydrogens (tertiary/aromatic N) is 3. The molecule has 25 heavy (non-hydrogen) atoms. The van der Waals surface area contributed by atoms with E-state index in [1.54, 1.807) is 0 Å². The molecule has 0 aliphatic carbocycles. The minimum Gasteiger partial charge on any atom is -0.452 e. The molecule has 2 aromatic rings. The number of hydrogen-bond acceptors (Lipinski definition) is 6. The zero-order chi connectivity index (χ0) is 17.2. The Morgan fingerprint density at radius 2 is 2.16 bits per heavy atom. The molecule has 4 rings (SSSR count). The molecule has 0 bridgehead atoms. The first-order valence-corrected chi connectivity index (χ1v) is 8.67. The number of aromatic nitrogens is 2. The molecule has 7 nitrogen and oxygen atoms in total. The number of fused-ring (bicyclic) bond motifs is 1. The summed E-state index contributed by atoms with van der Waals surface area (Å²) in [4.78, 5) is 14.9. The van der Waals surface area contributed by atoms with Crippen LogP contribution < -0.4 is 10.1 Å². The van der Waals surface area contributed by atoms with E-state index in [1.165, 1.54) is 12.7 Å². The molecule has 1 aromatic carbocycles. The van der Waals surface area contributed by atoms with Gasteiger partial charge in [-0.1, -0.05) is 35.4 Å². The van der Waals surface area contributed by atoms with Gasteiger partial charge in [0.1, 0.15) is 5.92 Å². The molecule has 1 N–H and O–H groups in total. The molecule has 2 saturated heterocycles. The summed E-state index contributed by atoms with van der Waals surface area (Å²) in [5, 5.41) is 10.9. The normalized spacial score (nSPS) is 26.8. The zero-order valence-electron chi connectivity index (χ0n) is 14.2. The van der Waals surface area contributed by atoms with Gasteiger partial charge in [0.25, 0.3) is 0 Å². The number of carbonyl (C=O) groups excluding carboxylic acids is 1. The predicted molar refractivity (Wildman–Crippen MR) is 90.0 cm³/mol. The van der Waals surface area contributed by atoms with Gasteiger partial charge in [-0.3, -0.25) is 9.69 Å². The highest BCUT2D eigenvalue weighted by molar-refractivity contribution is 5.83. The average molecular weight is 342 g/mol. The third kappa shape index (κ3) is 3.37. The minimum atomic E-state index is -0.394. The van der Waals surface area contributed by atoms with Crippen LogP contribution in [0.5, 0.6) is 6.08 Å². The fourth-order valence-corrected chi connectivity index (χ4v) is 3.87. The lowest BCUT2D eigenvalue weighted by atomic mass is 9.80. The van der Waals surface area contributed by atoms with Crippen molar-refractivity contribution >= 4 is 5.91 Å². The molecule has 2 aliphatic heterocycles. The first-order chi connectivity index (χ1) is 12.2. The maximum Gasteiger partial charge on any atom is 0.414 e. The third-order valence-corrected chi connectivity index (χ3v) is 5.14. The number of likely N-dealkylation sites (tertiary alicyclic amines) is 1. The van der Waals surface area contributed by atoms with Crippen LogP contribution in [0, 0.1) is 5.92 Å². The fraction of sp³-hybridized carbons (Fsp3) is 0.500. The highest BCUT2D eigenvalue weighted by atomic mass is 16.6. The Kier molecular flexibility index (Phi) is 4.40. The predicted octanol–water partition coefficient (Wildman–Crippen LogP) is 1.57. The summed E-state index contributed by atoms with van der Waals surface area (Å²) in [6, 6.07) is 10.7. The first-order valence-electron chi connectivity index (χ1n) is 8.67. The van der Waals surface area contributed by atoms with E-state index in [0.717, 1.165) is 32.5 Å². The van der Waals surface area contributed by atoms with Crippen molar-refractivity contribution in [3.05, 3.63) is 41.8 Å². The fourth-order valence-electron chi connectivity index (χ4n) is 3.87. The molecule has 7 heteroatoms. The van der Waals surface area contributed by atoms with Crippen molar-refractivity contribution in [3.63, 3.8) is 0 Å². The molecule has 1 aromatic heterocycles. The van der Waals surface area contributed by atoms with Gasteiger partial charge >= 0.3 is 6.08 Å². The number of carbonyl (C=O) groups is 1. The van der Waals surface area contributed by atoms with Crippen LogP contribution in [-0.4, -0.2) is 47.2 Å². The van der Waals surface area contributed by atoms with Crippen LogP contribution in [0.3, 0.4) is 0 Å². The lowest BCUT2D eigenvalue weighted by Crippen LogP contribution is -2.55. The largest absolute Gasteiger partial charge is 0.452 e. The Labute approximate surface area is 146 Å². The van der Waals surface area contributed by atoms with Crippen molar-refractivity contribution in [3.8, 4) is 6.08 Å². The van der Waals surface area contributed by atoms with Crippen molar-refractivity contribution in [2.45, 2.75) is 31.3 Å². The summed E-state index contributed by atoms with van der Waals surface area (Å²) in [7, 11) is 1.47. The average Bonchev–Trinajstić information content (AvgIpc) is 3.11. The summed E-state index contributed by atoms with van der Waals surface area (Å²) in [5.41, 5.74) is 1.32. The lowest BCUT2D eigenvalue weighted by Gasteiger charge is -2.43. The van der Waals surface area contributed by atoms with Crippen LogP contribution in [0.25, 0.3) is 0 Å². The van der Waals surface area contributed by atoms with Crippen molar-refractivity contribution in [2.75, 3.05) is 20.2 Å². The number of benzene rings is 1. The number of piperidine rings is 2. The monoisotopic (exact) mass is 342 g/mol. The summed E-state index contributed by atoms with van der Waals surface area (Å²) < 4.78 is 10.4. The van der Waals surface area contributed by atoms with Gasteiger partial charge in [-0.25, -0.2) is 0 Å². The van der Waals surface area contributed by atoms with Crippen LogP contribution in [-0.2, 0) is 11.3 Å². The van der Waals surface area contributed by atoms with Gasteiger partial charge in [-0.2, -0.15) is 0 Å². The zero-order valence-corrected chi connectivity index (χ0v) is 14.2. The van der Waals surface area contributed by atoms with E-state index < -0.39 is 5.92 Å². The van der Waals surface area contributed by atoms with Crippen LogP contribution in [0.1, 0.15) is 30.2 Å². The number of nitrogens with one attached hydrogen (secondary N) is 1. The molecule has 0 spiro atoms. The molecule has 1 amide bonds. The van der Waals surface area contributed by atoms with Gasteiger partial charge < -0.3 is 14.5 Å². The van der Waals surface area contributed by atoms with Crippen molar-refractivity contribution in [2.24, 2.45) is 5.92 Å². The number of ether oxygens (including phenoxy) is 1. The Bertz CT molecular complexity index is 733. The van der Waals surface area contributed by atoms with Crippen molar-refractivity contribution < 1.29 is 13.9 Å². The minimum absolute atomic E-state index is 0.0240. The molecule has 0 saturated carbocycles. The van der Waals surface area contributed by atoms with Gasteiger partial charge in [0, 0.05) is 25.7 Å².